The van der Waals surface area contributed by atoms with E-state index in [1.54, 1.807) is 41.8 Å². The van der Waals surface area contributed by atoms with Crippen molar-refractivity contribution in [2.24, 2.45) is 0 Å². The summed E-state index contributed by atoms with van der Waals surface area (Å²) in [5.74, 6) is 0. The Labute approximate surface area is 291 Å². The predicted octanol–water partition coefficient (Wildman–Crippen LogP) is 5.28. The molecule has 4 aliphatic rings. The van der Waals surface area contributed by atoms with E-state index in [0.29, 0.717) is 0 Å². The van der Waals surface area contributed by atoms with Crippen LogP contribution in [0.5, 0.6) is 0 Å². The van der Waals surface area contributed by atoms with Crippen molar-refractivity contribution in [3.8, 4) is 11.1 Å². The maximum Gasteiger partial charge on any atom is -1.00 e. The van der Waals surface area contributed by atoms with Gasteiger partial charge in [-0.15, -0.1) is 0 Å². The van der Waals surface area contributed by atoms with Gasteiger partial charge in [-0.05, 0) is 0 Å². The van der Waals surface area contributed by atoms with Crippen molar-refractivity contribution in [3.05, 3.63) is 78.3 Å². The number of allylic oxidation sites excluding steroid dienone is 4. The molecule has 0 fully saturated rings. The first kappa shape index (κ1) is 36.3. The number of hydrogen-bond acceptors (Lipinski definition) is 0. The molecule has 0 N–H and O–H groups in total. The molecule has 0 bridgehead atoms. The van der Waals surface area contributed by atoms with Crippen molar-refractivity contribution in [3.63, 3.8) is 0 Å². The van der Waals surface area contributed by atoms with E-state index in [1.807, 2.05) is 3.28 Å². The minimum atomic E-state index is -2.06. The number of benzene rings is 2. The minimum absolute atomic E-state index is 0. The molecular weight excluding hydrogens is 671 g/mol. The summed E-state index contributed by atoms with van der Waals surface area (Å²) >= 11 is -2.06. The SMILES string of the molecule is C[C](C)=[Zr+2]([C]1=CC([Si](C)(C)C)=CC1)[CH]1CC(C)(C)c2cc3c(cc2C1(C)C)Cc1cc2c(cc1-3)C(C)(C)CCC2(C)C.[Cl-].[Cl-]. The summed E-state index contributed by atoms with van der Waals surface area (Å²) in [5.41, 5.74) is 13.6. The van der Waals surface area contributed by atoms with Crippen LogP contribution in [0, 0.1) is 0 Å². The van der Waals surface area contributed by atoms with Crippen LogP contribution in [-0.4, -0.2) is 11.3 Å². The molecule has 1 unspecified atom stereocenters. The summed E-state index contributed by atoms with van der Waals surface area (Å²) in [5, 5.41) is 1.70. The third-order valence-corrected chi connectivity index (χ3v) is 23.2. The Morgan fingerprint density at radius 2 is 1.18 bits per heavy atom. The Hall–Kier alpha value is -0.530. The second-order valence-electron chi connectivity index (χ2n) is 18.1. The van der Waals surface area contributed by atoms with Gasteiger partial charge in [-0.2, -0.15) is 0 Å². The molecule has 0 aromatic heterocycles. The topological polar surface area (TPSA) is 0 Å². The zero-order valence-electron chi connectivity index (χ0n) is 29.8. The Kier molecular flexibility index (Phi) is 9.54. The monoisotopic (exact) mass is 724 g/mol. The molecule has 6 rings (SSSR count). The van der Waals surface area contributed by atoms with Crippen LogP contribution in [-0.2, 0) is 49.3 Å². The second-order valence-corrected chi connectivity index (χ2v) is 31.0. The third kappa shape index (κ3) is 5.77. The Morgan fingerprint density at radius 1 is 0.705 bits per heavy atom. The summed E-state index contributed by atoms with van der Waals surface area (Å²) in [7, 11) is -1.28. The standard InChI is InChI=1S/C29H37.C8H13Si.C3H6.2ClH.Zr/c1-26(2)9-11-28(5,6)24-16-20-18(14-22(24)26)13-19-15-23-25(17-21(19)20)29(7,8)12-10-27(23,3)4;1-9(2,3)8-6-4-5-7-8;1-3-2;;;/h9,14-17H,10-13H2,1-8H3;6-7H,4H2,1-3H3;1-2H3;2*1H;/q;;;;;+2/p-2. The molecule has 0 saturated carbocycles. The molecule has 44 heavy (non-hydrogen) atoms. The predicted molar refractivity (Wildman–Crippen MR) is 185 cm³/mol. The van der Waals surface area contributed by atoms with E-state index >= 15 is 0 Å². The quantitative estimate of drug-likeness (QED) is 0.323. The molecule has 4 heteroatoms. The van der Waals surface area contributed by atoms with Crippen molar-refractivity contribution in [1.29, 1.82) is 0 Å². The Balaban J connectivity index is 0.00000221. The molecule has 0 amide bonds. The fourth-order valence-corrected chi connectivity index (χ4v) is 20.6. The van der Waals surface area contributed by atoms with Gasteiger partial charge < -0.3 is 24.8 Å². The van der Waals surface area contributed by atoms with E-state index in [2.05, 4.69) is 125 Å². The summed E-state index contributed by atoms with van der Waals surface area (Å²) < 4.78 is 4.45. The number of halogens is 2. The van der Waals surface area contributed by atoms with Crippen molar-refractivity contribution >= 4 is 11.3 Å². The minimum Gasteiger partial charge on any atom is -1.00 e. The summed E-state index contributed by atoms with van der Waals surface area (Å²) in [4.78, 5) is 0. The van der Waals surface area contributed by atoms with E-state index in [1.165, 1.54) is 36.8 Å². The first-order chi connectivity index (χ1) is 19.2. The average molecular weight is 727 g/mol. The maximum absolute atomic E-state index is 2.72. The third-order valence-electron chi connectivity index (χ3n) is 12.0. The van der Waals surface area contributed by atoms with Crippen LogP contribution in [0.4, 0.5) is 0 Å². The van der Waals surface area contributed by atoms with Crippen LogP contribution < -0.4 is 24.8 Å². The summed E-state index contributed by atoms with van der Waals surface area (Å²) in [6.07, 6.45) is 11.5. The van der Waals surface area contributed by atoms with E-state index in [0.717, 1.165) is 10.0 Å². The Bertz CT molecular complexity index is 1600. The number of hydrogen-bond donors (Lipinski definition) is 0. The van der Waals surface area contributed by atoms with E-state index in [9.17, 15) is 0 Å². The van der Waals surface area contributed by atoms with Gasteiger partial charge in [-0.3, -0.25) is 0 Å². The van der Waals surface area contributed by atoms with Gasteiger partial charge in [0.2, 0.25) is 0 Å². The fourth-order valence-electron chi connectivity index (χ4n) is 9.05. The molecule has 0 radical (unpaired) electrons. The molecule has 1 atom stereocenters. The molecular formula is C40H56Cl2SiZr. The van der Waals surface area contributed by atoms with E-state index in [4.69, 9.17) is 0 Å². The van der Waals surface area contributed by atoms with Gasteiger partial charge >= 0.3 is 268 Å². The van der Waals surface area contributed by atoms with Gasteiger partial charge in [0.15, 0.2) is 0 Å². The molecule has 0 nitrogen and oxygen atoms in total. The van der Waals surface area contributed by atoms with E-state index in [-0.39, 0.29) is 46.5 Å². The van der Waals surface area contributed by atoms with Crippen LogP contribution >= 0.6 is 0 Å². The maximum atomic E-state index is 2.72. The molecule has 2 aromatic rings. The number of fused-ring (bicyclic) bond motifs is 5. The van der Waals surface area contributed by atoms with E-state index < -0.39 is 29.3 Å². The van der Waals surface area contributed by atoms with Crippen molar-refractivity contribution in [1.82, 2.24) is 0 Å². The molecule has 0 saturated heterocycles. The first-order valence-electron chi connectivity index (χ1n) is 16.7. The number of rotatable bonds is 3. The zero-order valence-corrected chi connectivity index (χ0v) is 34.8. The van der Waals surface area contributed by atoms with Gasteiger partial charge in [0.1, 0.15) is 0 Å². The van der Waals surface area contributed by atoms with Gasteiger partial charge in [-0.1, -0.05) is 0 Å². The molecule has 0 spiro atoms. The van der Waals surface area contributed by atoms with Crippen molar-refractivity contribution in [2.45, 2.75) is 146 Å². The van der Waals surface area contributed by atoms with Crippen LogP contribution in [0.2, 0.25) is 23.3 Å². The van der Waals surface area contributed by atoms with Gasteiger partial charge in [-0.25, -0.2) is 0 Å². The molecule has 0 heterocycles. The largest absolute Gasteiger partial charge is 1.00 e. The van der Waals surface area contributed by atoms with Crippen molar-refractivity contribution in [2.75, 3.05) is 0 Å². The molecule has 4 aliphatic carbocycles. The van der Waals surface area contributed by atoms with Crippen molar-refractivity contribution < 1.29 is 46.1 Å². The molecule has 2 aromatic carbocycles. The summed E-state index contributed by atoms with van der Waals surface area (Å²) in [6, 6.07) is 10.6. The first-order valence-corrected chi connectivity index (χ1v) is 24.1. The fraction of sp³-hybridized carbons (Fsp3) is 0.575. The van der Waals surface area contributed by atoms with Gasteiger partial charge in [0.25, 0.3) is 0 Å². The zero-order chi connectivity index (χ0) is 30.8. The van der Waals surface area contributed by atoms with Gasteiger partial charge in [0, 0.05) is 0 Å². The average Bonchev–Trinajstić information content (AvgIpc) is 3.49. The molecule has 238 valence electrons. The van der Waals surface area contributed by atoms with Crippen LogP contribution in [0.25, 0.3) is 11.1 Å². The van der Waals surface area contributed by atoms with Crippen LogP contribution in [0.15, 0.2) is 44.9 Å². The van der Waals surface area contributed by atoms with Crippen LogP contribution in [0.1, 0.15) is 128 Å². The van der Waals surface area contributed by atoms with Crippen LogP contribution in [0.3, 0.4) is 0 Å². The normalized spacial score (nSPS) is 22.9. The molecule has 0 aliphatic heterocycles. The Morgan fingerprint density at radius 3 is 1.66 bits per heavy atom. The summed E-state index contributed by atoms with van der Waals surface area (Å²) in [6.45, 7) is 32.8. The van der Waals surface area contributed by atoms with Gasteiger partial charge in [0.05, 0.1) is 0 Å². The smallest absolute Gasteiger partial charge is 1.00 e. The second kappa shape index (κ2) is 11.6.